The third-order valence-electron chi connectivity index (χ3n) is 2.67. The molecule has 0 saturated carbocycles. The molecule has 1 atom stereocenters. The lowest BCUT2D eigenvalue weighted by Gasteiger charge is -2.10. The van der Waals surface area contributed by atoms with E-state index in [1.807, 2.05) is 0 Å². The average Bonchev–Trinajstić information content (AvgIpc) is 2.51. The van der Waals surface area contributed by atoms with Crippen LogP contribution in [0.2, 0.25) is 0 Å². The molecule has 0 radical (unpaired) electrons. The summed E-state index contributed by atoms with van der Waals surface area (Å²) in [6.07, 6.45) is 0. The number of nitriles is 1. The Hall–Kier alpha value is -2.88. The first-order valence-electron chi connectivity index (χ1n) is 6.38. The van der Waals surface area contributed by atoms with Crippen molar-refractivity contribution in [3.8, 4) is 17.6 Å². The Morgan fingerprint density at radius 3 is 2.45 bits per heavy atom. The van der Waals surface area contributed by atoms with Crippen LogP contribution in [-0.4, -0.2) is 37.8 Å². The SMILES string of the molecule is COc1ccccc1OCC(=O)OCC(=O)C(C#N)C(C)=N. The number of carbonyl (C=O) groups is 2. The lowest BCUT2D eigenvalue weighted by atomic mass is 10.0. The highest BCUT2D eigenvalue weighted by molar-refractivity contribution is 6.06. The Kier molecular flexibility index (Phi) is 6.57. The third-order valence-corrected chi connectivity index (χ3v) is 2.67. The van der Waals surface area contributed by atoms with Crippen molar-refractivity contribution in [1.82, 2.24) is 0 Å². The molecule has 1 rings (SSSR count). The van der Waals surface area contributed by atoms with Gasteiger partial charge in [0.15, 0.2) is 30.5 Å². The molecule has 22 heavy (non-hydrogen) atoms. The summed E-state index contributed by atoms with van der Waals surface area (Å²) in [6.45, 7) is 0.384. The quantitative estimate of drug-likeness (QED) is 0.573. The van der Waals surface area contributed by atoms with E-state index in [0.29, 0.717) is 11.5 Å². The third kappa shape index (κ3) is 4.90. The van der Waals surface area contributed by atoms with Gasteiger partial charge in [-0.05, 0) is 19.1 Å². The molecule has 0 aliphatic rings. The number of ketones is 1. The first-order chi connectivity index (χ1) is 10.5. The summed E-state index contributed by atoms with van der Waals surface area (Å²) in [6, 6.07) is 8.46. The van der Waals surface area contributed by atoms with Gasteiger partial charge in [-0.25, -0.2) is 4.79 Å². The molecule has 7 nitrogen and oxygen atoms in total. The van der Waals surface area contributed by atoms with E-state index in [4.69, 9.17) is 24.9 Å². The van der Waals surface area contributed by atoms with Gasteiger partial charge in [-0.2, -0.15) is 5.26 Å². The van der Waals surface area contributed by atoms with Crippen molar-refractivity contribution in [2.24, 2.45) is 5.92 Å². The molecule has 0 amide bonds. The number of hydrogen-bond donors (Lipinski definition) is 1. The molecule has 7 heteroatoms. The highest BCUT2D eigenvalue weighted by atomic mass is 16.6. The zero-order valence-electron chi connectivity index (χ0n) is 12.3. The minimum Gasteiger partial charge on any atom is -0.493 e. The molecule has 1 aromatic carbocycles. The molecule has 1 aromatic rings. The number of carbonyl (C=O) groups excluding carboxylic acids is 2. The maximum absolute atomic E-state index is 11.6. The van der Waals surface area contributed by atoms with E-state index in [0.717, 1.165) is 0 Å². The van der Waals surface area contributed by atoms with Crippen molar-refractivity contribution in [3.63, 3.8) is 0 Å². The van der Waals surface area contributed by atoms with Crippen LogP contribution in [0.1, 0.15) is 6.92 Å². The van der Waals surface area contributed by atoms with Gasteiger partial charge in [-0.1, -0.05) is 12.1 Å². The molecule has 0 bridgehead atoms. The fourth-order valence-electron chi connectivity index (χ4n) is 1.56. The maximum Gasteiger partial charge on any atom is 0.344 e. The maximum atomic E-state index is 11.6. The van der Waals surface area contributed by atoms with E-state index < -0.39 is 30.9 Å². The first kappa shape index (κ1) is 17.2. The molecule has 0 fully saturated rings. The number of Topliss-reactive ketones (excluding diaryl/α,β-unsaturated/α-hetero) is 1. The smallest absolute Gasteiger partial charge is 0.344 e. The fraction of sp³-hybridized carbons (Fsp3) is 0.333. The summed E-state index contributed by atoms with van der Waals surface area (Å²) in [5, 5.41) is 16.0. The Balaban J connectivity index is 2.46. The van der Waals surface area contributed by atoms with Crippen LogP contribution >= 0.6 is 0 Å². The van der Waals surface area contributed by atoms with Crippen LogP contribution in [-0.2, 0) is 14.3 Å². The second-order valence-electron chi connectivity index (χ2n) is 4.31. The molecule has 1 unspecified atom stereocenters. The lowest BCUT2D eigenvalue weighted by Crippen LogP contribution is -2.27. The van der Waals surface area contributed by atoms with Gasteiger partial charge in [-0.3, -0.25) is 4.79 Å². The molecule has 0 heterocycles. The monoisotopic (exact) mass is 304 g/mol. The Morgan fingerprint density at radius 1 is 1.27 bits per heavy atom. The topological polar surface area (TPSA) is 109 Å². The molecule has 0 saturated heterocycles. The van der Waals surface area contributed by atoms with Crippen LogP contribution in [0.15, 0.2) is 24.3 Å². The second-order valence-corrected chi connectivity index (χ2v) is 4.31. The number of benzene rings is 1. The van der Waals surface area contributed by atoms with Gasteiger partial charge >= 0.3 is 5.97 Å². The summed E-state index contributed by atoms with van der Waals surface area (Å²) in [4.78, 5) is 23.1. The number of nitrogens with one attached hydrogen (secondary N) is 1. The van der Waals surface area contributed by atoms with Gasteiger partial charge in [-0.15, -0.1) is 0 Å². The van der Waals surface area contributed by atoms with Crippen molar-refractivity contribution in [1.29, 1.82) is 10.7 Å². The molecule has 0 aromatic heterocycles. The average molecular weight is 304 g/mol. The van der Waals surface area contributed by atoms with E-state index in [2.05, 4.69) is 0 Å². The highest BCUT2D eigenvalue weighted by Gasteiger charge is 2.21. The predicted molar refractivity (Wildman–Crippen MR) is 77.0 cm³/mol. The number of nitrogens with zero attached hydrogens (tertiary/aromatic N) is 1. The van der Waals surface area contributed by atoms with Crippen LogP contribution in [0, 0.1) is 22.7 Å². The number of ether oxygens (including phenoxy) is 3. The van der Waals surface area contributed by atoms with Crippen molar-refractivity contribution in [3.05, 3.63) is 24.3 Å². The summed E-state index contributed by atoms with van der Waals surface area (Å²) < 4.78 is 15.0. The number of rotatable bonds is 8. The predicted octanol–water partition coefficient (Wildman–Crippen LogP) is 1.37. The number of methoxy groups -OCH3 is 1. The van der Waals surface area contributed by atoms with Gasteiger partial charge in [0.25, 0.3) is 0 Å². The molecular formula is C15H16N2O5. The highest BCUT2D eigenvalue weighted by Crippen LogP contribution is 2.25. The summed E-state index contributed by atoms with van der Waals surface area (Å²) in [5.74, 6) is -1.74. The van der Waals surface area contributed by atoms with E-state index in [1.165, 1.54) is 14.0 Å². The van der Waals surface area contributed by atoms with E-state index in [-0.39, 0.29) is 5.71 Å². The molecule has 0 aliphatic carbocycles. The van der Waals surface area contributed by atoms with Gasteiger partial charge < -0.3 is 19.6 Å². The number of hydrogen-bond acceptors (Lipinski definition) is 7. The minimum absolute atomic E-state index is 0.0891. The summed E-state index contributed by atoms with van der Waals surface area (Å²) >= 11 is 0. The van der Waals surface area contributed by atoms with E-state index in [1.54, 1.807) is 30.3 Å². The van der Waals surface area contributed by atoms with Gasteiger partial charge in [0.05, 0.1) is 13.2 Å². The molecule has 116 valence electrons. The van der Waals surface area contributed by atoms with Crippen LogP contribution < -0.4 is 9.47 Å². The standard InChI is InChI=1S/C15H16N2O5/c1-10(17)11(7-16)12(18)8-22-15(19)9-21-14-6-4-3-5-13(14)20-2/h3-6,11,17H,8-9H2,1-2H3. The van der Waals surface area contributed by atoms with E-state index in [9.17, 15) is 9.59 Å². The second kappa shape index (κ2) is 8.42. The number of para-hydroxylation sites is 2. The lowest BCUT2D eigenvalue weighted by molar-refractivity contribution is -0.150. The zero-order valence-corrected chi connectivity index (χ0v) is 12.3. The molecule has 0 spiro atoms. The minimum atomic E-state index is -1.19. The van der Waals surface area contributed by atoms with Crippen LogP contribution in [0.5, 0.6) is 11.5 Å². The Morgan fingerprint density at radius 2 is 1.91 bits per heavy atom. The molecule has 0 aliphatic heterocycles. The normalized spacial score (nSPS) is 11.0. The van der Waals surface area contributed by atoms with Crippen LogP contribution in [0.4, 0.5) is 0 Å². The van der Waals surface area contributed by atoms with Gasteiger partial charge in [0.1, 0.15) is 5.92 Å². The first-order valence-corrected chi connectivity index (χ1v) is 6.38. The Labute approximate surface area is 127 Å². The van der Waals surface area contributed by atoms with Crippen molar-refractivity contribution in [2.75, 3.05) is 20.3 Å². The van der Waals surface area contributed by atoms with Gasteiger partial charge in [0, 0.05) is 5.71 Å². The summed E-state index contributed by atoms with van der Waals surface area (Å²) in [5.41, 5.74) is -0.0891. The van der Waals surface area contributed by atoms with Gasteiger partial charge in [0.2, 0.25) is 0 Å². The van der Waals surface area contributed by atoms with E-state index >= 15 is 0 Å². The van der Waals surface area contributed by atoms with Crippen LogP contribution in [0.3, 0.4) is 0 Å². The molecular weight excluding hydrogens is 288 g/mol. The number of esters is 1. The van der Waals surface area contributed by atoms with Crippen LogP contribution in [0.25, 0.3) is 0 Å². The summed E-state index contributed by atoms with van der Waals surface area (Å²) in [7, 11) is 1.47. The largest absolute Gasteiger partial charge is 0.493 e. The molecule has 1 N–H and O–H groups in total. The van der Waals surface area contributed by atoms with Crippen molar-refractivity contribution in [2.45, 2.75) is 6.92 Å². The fourth-order valence-corrected chi connectivity index (χ4v) is 1.56. The Bertz CT molecular complexity index is 606. The van der Waals surface area contributed by atoms with Crippen molar-refractivity contribution >= 4 is 17.5 Å². The zero-order chi connectivity index (χ0) is 16.5. The van der Waals surface area contributed by atoms with Crippen molar-refractivity contribution < 1.29 is 23.8 Å².